The minimum absolute atomic E-state index is 0.107. The summed E-state index contributed by atoms with van der Waals surface area (Å²) in [6.07, 6.45) is 0.854. The molecule has 0 spiro atoms. The van der Waals surface area contributed by atoms with Crippen LogP contribution < -0.4 is 4.90 Å². The second-order valence-electron chi connectivity index (χ2n) is 5.57. The first kappa shape index (κ1) is 15.2. The molecule has 0 atom stereocenters. The maximum absolute atomic E-state index is 12.3. The molecule has 1 aromatic heterocycles. The molecule has 0 aliphatic heterocycles. The molecular weight excluding hydrogens is 270 g/mol. The van der Waals surface area contributed by atoms with Gasteiger partial charge in [-0.1, -0.05) is 12.1 Å². The second kappa shape index (κ2) is 6.05. The molecule has 0 aliphatic carbocycles. The van der Waals surface area contributed by atoms with Crippen LogP contribution in [0.1, 0.15) is 20.8 Å². The maximum Gasteiger partial charge on any atom is 0.416 e. The van der Waals surface area contributed by atoms with Gasteiger partial charge in [0.25, 0.3) is 0 Å². The van der Waals surface area contributed by atoms with Crippen LogP contribution in [0.25, 0.3) is 10.9 Å². The van der Waals surface area contributed by atoms with Crippen LogP contribution in [0.2, 0.25) is 0 Å². The number of carbonyl (C=O) groups excluding carboxylic acids is 1. The Balaban J connectivity index is 2.43. The Labute approximate surface area is 123 Å². The SMILES string of the molecule is CC(C)(C)OC(=O)N(CCO)c1ncnc2ccccc12. The van der Waals surface area contributed by atoms with Gasteiger partial charge in [0.1, 0.15) is 17.7 Å². The molecule has 0 saturated carbocycles. The van der Waals surface area contributed by atoms with Crippen molar-refractivity contribution in [3.8, 4) is 0 Å². The number of rotatable bonds is 3. The van der Waals surface area contributed by atoms with E-state index >= 15 is 0 Å². The summed E-state index contributed by atoms with van der Waals surface area (Å²) in [6, 6.07) is 7.39. The largest absolute Gasteiger partial charge is 0.443 e. The van der Waals surface area contributed by atoms with Gasteiger partial charge in [-0.2, -0.15) is 0 Å². The van der Waals surface area contributed by atoms with Crippen molar-refractivity contribution in [3.05, 3.63) is 30.6 Å². The zero-order valence-corrected chi connectivity index (χ0v) is 12.4. The van der Waals surface area contributed by atoms with Crippen LogP contribution in [0, 0.1) is 0 Å². The summed E-state index contributed by atoms with van der Waals surface area (Å²) in [5, 5.41) is 9.96. The number of aromatic nitrogens is 2. The minimum Gasteiger partial charge on any atom is -0.443 e. The fourth-order valence-corrected chi connectivity index (χ4v) is 1.91. The molecule has 112 valence electrons. The predicted molar refractivity (Wildman–Crippen MR) is 80.2 cm³/mol. The third kappa shape index (κ3) is 3.66. The first-order valence-corrected chi connectivity index (χ1v) is 6.73. The molecule has 0 aliphatic rings. The number of benzene rings is 1. The van der Waals surface area contributed by atoms with Crippen molar-refractivity contribution in [1.82, 2.24) is 9.97 Å². The number of fused-ring (bicyclic) bond motifs is 1. The van der Waals surface area contributed by atoms with E-state index < -0.39 is 11.7 Å². The highest BCUT2D eigenvalue weighted by atomic mass is 16.6. The van der Waals surface area contributed by atoms with Crippen molar-refractivity contribution >= 4 is 22.8 Å². The molecule has 1 N–H and O–H groups in total. The molecule has 0 radical (unpaired) electrons. The zero-order chi connectivity index (χ0) is 15.5. The number of ether oxygens (including phenoxy) is 1. The number of amides is 1. The van der Waals surface area contributed by atoms with Gasteiger partial charge in [0.15, 0.2) is 0 Å². The average Bonchev–Trinajstić information content (AvgIpc) is 2.42. The highest BCUT2D eigenvalue weighted by Gasteiger charge is 2.25. The van der Waals surface area contributed by atoms with Gasteiger partial charge in [0.05, 0.1) is 18.7 Å². The summed E-state index contributed by atoms with van der Waals surface area (Å²) in [5.74, 6) is 0.434. The number of hydrogen-bond acceptors (Lipinski definition) is 5. The van der Waals surface area contributed by atoms with Gasteiger partial charge in [-0.15, -0.1) is 0 Å². The van der Waals surface area contributed by atoms with E-state index in [9.17, 15) is 9.90 Å². The summed E-state index contributed by atoms with van der Waals surface area (Å²) in [7, 11) is 0. The molecule has 21 heavy (non-hydrogen) atoms. The number of anilines is 1. The number of nitrogens with zero attached hydrogens (tertiary/aromatic N) is 3. The van der Waals surface area contributed by atoms with E-state index in [1.807, 2.05) is 24.3 Å². The topological polar surface area (TPSA) is 75.5 Å². The van der Waals surface area contributed by atoms with Crippen molar-refractivity contribution in [1.29, 1.82) is 0 Å². The lowest BCUT2D eigenvalue weighted by Crippen LogP contribution is -2.39. The van der Waals surface area contributed by atoms with E-state index in [0.717, 1.165) is 10.9 Å². The Morgan fingerprint density at radius 3 is 2.67 bits per heavy atom. The van der Waals surface area contributed by atoms with E-state index in [-0.39, 0.29) is 13.2 Å². The molecule has 0 saturated heterocycles. The zero-order valence-electron chi connectivity index (χ0n) is 12.4. The van der Waals surface area contributed by atoms with E-state index in [2.05, 4.69) is 9.97 Å². The molecule has 1 heterocycles. The third-order valence-corrected chi connectivity index (χ3v) is 2.71. The normalized spacial score (nSPS) is 11.4. The Bertz CT molecular complexity index is 632. The number of hydrogen-bond donors (Lipinski definition) is 1. The highest BCUT2D eigenvalue weighted by molar-refractivity contribution is 5.98. The van der Waals surface area contributed by atoms with E-state index in [0.29, 0.717) is 5.82 Å². The van der Waals surface area contributed by atoms with Gasteiger partial charge in [-0.05, 0) is 32.9 Å². The number of para-hydroxylation sites is 1. The van der Waals surface area contributed by atoms with Crippen LogP contribution in [0.4, 0.5) is 10.6 Å². The molecule has 0 fully saturated rings. The minimum atomic E-state index is -0.617. The predicted octanol–water partition coefficient (Wildman–Crippen LogP) is 2.36. The molecule has 2 aromatic rings. The fourth-order valence-electron chi connectivity index (χ4n) is 1.91. The highest BCUT2D eigenvalue weighted by Crippen LogP contribution is 2.24. The van der Waals surface area contributed by atoms with E-state index in [1.54, 1.807) is 20.8 Å². The van der Waals surface area contributed by atoms with Crippen molar-refractivity contribution in [2.75, 3.05) is 18.1 Å². The summed E-state index contributed by atoms with van der Waals surface area (Å²) < 4.78 is 5.37. The van der Waals surface area contributed by atoms with Crippen LogP contribution in [0.3, 0.4) is 0 Å². The lowest BCUT2D eigenvalue weighted by Gasteiger charge is -2.26. The smallest absolute Gasteiger partial charge is 0.416 e. The van der Waals surface area contributed by atoms with Gasteiger partial charge in [-0.3, -0.25) is 4.90 Å². The van der Waals surface area contributed by atoms with Crippen LogP contribution in [-0.2, 0) is 4.74 Å². The number of carbonyl (C=O) groups is 1. The lowest BCUT2D eigenvalue weighted by molar-refractivity contribution is 0.0572. The standard InChI is InChI=1S/C15H19N3O3/c1-15(2,3)21-14(20)18(8-9-19)13-11-6-4-5-7-12(11)16-10-17-13/h4-7,10,19H,8-9H2,1-3H3. The Kier molecular flexibility index (Phi) is 4.37. The Hall–Kier alpha value is -2.21. The van der Waals surface area contributed by atoms with Crippen molar-refractivity contribution in [2.45, 2.75) is 26.4 Å². The second-order valence-corrected chi connectivity index (χ2v) is 5.57. The van der Waals surface area contributed by atoms with E-state index in [1.165, 1.54) is 11.2 Å². The van der Waals surface area contributed by atoms with Gasteiger partial charge >= 0.3 is 6.09 Å². The van der Waals surface area contributed by atoms with Crippen LogP contribution in [0.15, 0.2) is 30.6 Å². The van der Waals surface area contributed by atoms with Crippen molar-refractivity contribution in [3.63, 3.8) is 0 Å². The number of aliphatic hydroxyl groups is 1. The van der Waals surface area contributed by atoms with Crippen LogP contribution in [-0.4, -0.2) is 39.9 Å². The van der Waals surface area contributed by atoms with Gasteiger partial charge in [-0.25, -0.2) is 14.8 Å². The summed E-state index contributed by atoms with van der Waals surface area (Å²) in [6.45, 7) is 5.30. The van der Waals surface area contributed by atoms with Gasteiger partial charge in [0, 0.05) is 5.39 Å². The average molecular weight is 289 g/mol. The first-order valence-electron chi connectivity index (χ1n) is 6.73. The number of aliphatic hydroxyl groups excluding tert-OH is 1. The molecule has 1 aromatic carbocycles. The molecule has 0 unspecified atom stereocenters. The maximum atomic E-state index is 12.3. The fraction of sp³-hybridized carbons (Fsp3) is 0.400. The molecular formula is C15H19N3O3. The Morgan fingerprint density at radius 2 is 2.00 bits per heavy atom. The molecule has 6 nitrogen and oxygen atoms in total. The van der Waals surface area contributed by atoms with Crippen LogP contribution >= 0.6 is 0 Å². The van der Waals surface area contributed by atoms with Gasteiger partial charge < -0.3 is 9.84 Å². The molecule has 6 heteroatoms. The summed E-state index contributed by atoms with van der Waals surface area (Å²) in [4.78, 5) is 22.0. The third-order valence-electron chi connectivity index (χ3n) is 2.71. The monoisotopic (exact) mass is 289 g/mol. The Morgan fingerprint density at radius 1 is 1.29 bits per heavy atom. The van der Waals surface area contributed by atoms with E-state index in [4.69, 9.17) is 4.74 Å². The quantitative estimate of drug-likeness (QED) is 0.938. The summed E-state index contributed by atoms with van der Waals surface area (Å²) in [5.41, 5.74) is 0.113. The summed E-state index contributed by atoms with van der Waals surface area (Å²) >= 11 is 0. The van der Waals surface area contributed by atoms with Crippen molar-refractivity contribution < 1.29 is 14.6 Å². The van der Waals surface area contributed by atoms with Gasteiger partial charge in [0.2, 0.25) is 0 Å². The lowest BCUT2D eigenvalue weighted by atomic mass is 10.2. The molecule has 1 amide bonds. The molecule has 0 bridgehead atoms. The van der Waals surface area contributed by atoms with Crippen molar-refractivity contribution in [2.24, 2.45) is 0 Å². The first-order chi connectivity index (χ1) is 9.92. The molecule has 2 rings (SSSR count). The van der Waals surface area contributed by atoms with Crippen LogP contribution in [0.5, 0.6) is 0 Å².